The van der Waals surface area contributed by atoms with Crippen LogP contribution in [0.5, 0.6) is 17.2 Å². The molecule has 3 N–H and O–H groups in total. The molecule has 3 aromatic carbocycles. The molecule has 0 saturated carbocycles. The molecule has 6 amide bonds. The summed E-state index contributed by atoms with van der Waals surface area (Å²) in [5, 5.41) is 8.59. The number of carbonyl (C=O) groups is 5. The molecule has 1 aliphatic rings. The predicted molar refractivity (Wildman–Crippen MR) is 152 cm³/mol. The number of barbiturate groups is 1. The molecule has 0 spiro atoms. The third-order valence-corrected chi connectivity index (χ3v) is 6.18. The van der Waals surface area contributed by atoms with Crippen molar-refractivity contribution in [1.29, 1.82) is 0 Å². The van der Waals surface area contributed by atoms with Crippen LogP contribution in [0.1, 0.15) is 26.3 Å². The van der Waals surface area contributed by atoms with Gasteiger partial charge in [0.15, 0.2) is 17.4 Å². The Kier molecular flexibility index (Phi) is 8.81. The lowest BCUT2D eigenvalue weighted by Gasteiger charge is -2.28. The van der Waals surface area contributed by atoms with Gasteiger partial charge in [0.25, 0.3) is 17.7 Å². The van der Waals surface area contributed by atoms with Crippen LogP contribution in [0.15, 0.2) is 65.8 Å². The van der Waals surface area contributed by atoms with E-state index in [1.54, 1.807) is 31.2 Å². The Hall–Kier alpha value is -5.72. The second-order valence-electron chi connectivity index (χ2n) is 8.95. The average Bonchev–Trinajstić information content (AvgIpc) is 2.98. The first-order valence-electron chi connectivity index (χ1n) is 12.5. The molecule has 0 radical (unpaired) electrons. The molecule has 0 aliphatic carbocycles. The Morgan fingerprint density at radius 2 is 1.55 bits per heavy atom. The van der Waals surface area contributed by atoms with Crippen molar-refractivity contribution >= 4 is 47.2 Å². The molecule has 4 rings (SSSR count). The molecule has 1 heterocycles. The lowest BCUT2D eigenvalue weighted by molar-refractivity contribution is -0.131. The van der Waals surface area contributed by atoms with Crippen molar-refractivity contribution < 1.29 is 38.2 Å². The normalized spacial score (nSPS) is 14.8. The highest BCUT2D eigenvalue weighted by atomic mass is 16.5. The zero-order valence-corrected chi connectivity index (χ0v) is 23.1. The molecule has 0 bridgehead atoms. The minimum Gasteiger partial charge on any atom is -0.493 e. The Bertz CT molecular complexity index is 1560. The molecule has 13 nitrogen and oxygen atoms in total. The van der Waals surface area contributed by atoms with Gasteiger partial charge in [-0.2, -0.15) is 5.10 Å². The number of aryl methyl sites for hydroxylation is 1. The van der Waals surface area contributed by atoms with E-state index in [0.717, 1.165) is 16.7 Å². The highest BCUT2D eigenvalue weighted by Crippen LogP contribution is 2.38. The number of urea groups is 1. The maximum Gasteiger partial charge on any atom is 0.335 e. The molecular formula is C29H27N5O8. The fourth-order valence-electron chi connectivity index (χ4n) is 4.09. The summed E-state index contributed by atoms with van der Waals surface area (Å²) < 4.78 is 15.8. The summed E-state index contributed by atoms with van der Waals surface area (Å²) in [6, 6.07) is 14.7. The molecule has 1 aliphatic heterocycles. The summed E-state index contributed by atoms with van der Waals surface area (Å²) in [5.41, 5.74) is 4.21. The fraction of sp³-hybridized carbons (Fsp3) is 0.172. The van der Waals surface area contributed by atoms with Crippen LogP contribution < -0.4 is 35.2 Å². The van der Waals surface area contributed by atoms with Crippen molar-refractivity contribution in [3.05, 3.63) is 77.4 Å². The number of hydrogen-bond donors (Lipinski definition) is 3. The Labute approximate surface area is 240 Å². The van der Waals surface area contributed by atoms with E-state index in [2.05, 4.69) is 21.2 Å². The standard InChI is InChI=1S/C29H27N5O8/c1-16-6-5-7-20(12-16)34-28(38)21(27(37)32-29(34)39)15-30-33-26(36)17-8-10-19(11-9-17)31-25(35)18-13-22(40-2)24(42-4)23(14-18)41-3/h5-15,21H,1-4H3,(H,31,35)(H,33,36)(H,32,37,39)/b30-15-/t21-/m0/s1. The number of benzene rings is 3. The zero-order chi connectivity index (χ0) is 30.4. The molecular weight excluding hydrogens is 546 g/mol. The van der Waals surface area contributed by atoms with Crippen LogP contribution >= 0.6 is 0 Å². The van der Waals surface area contributed by atoms with Gasteiger partial charge in [-0.25, -0.2) is 15.1 Å². The number of rotatable bonds is 9. The molecule has 1 fully saturated rings. The third-order valence-electron chi connectivity index (χ3n) is 6.18. The quantitative estimate of drug-likeness (QED) is 0.200. The van der Waals surface area contributed by atoms with Crippen molar-refractivity contribution in [2.75, 3.05) is 31.5 Å². The highest BCUT2D eigenvalue weighted by Gasteiger charge is 2.40. The third kappa shape index (κ3) is 6.20. The molecule has 216 valence electrons. The number of hydrogen-bond acceptors (Lipinski definition) is 9. The van der Waals surface area contributed by atoms with Gasteiger partial charge in [-0.05, 0) is 61.0 Å². The number of nitrogens with one attached hydrogen (secondary N) is 3. The maximum absolute atomic E-state index is 12.9. The lowest BCUT2D eigenvalue weighted by atomic mass is 10.1. The molecule has 1 atom stereocenters. The maximum atomic E-state index is 12.9. The minimum atomic E-state index is -1.43. The number of imide groups is 2. The summed E-state index contributed by atoms with van der Waals surface area (Å²) in [7, 11) is 4.34. The number of nitrogens with zero attached hydrogens (tertiary/aromatic N) is 2. The Balaban J connectivity index is 1.40. The second kappa shape index (κ2) is 12.6. The number of methoxy groups -OCH3 is 3. The number of hydrazone groups is 1. The SMILES string of the molecule is COc1cc(C(=O)Nc2ccc(C(=O)N/N=C\[C@H]3C(=O)NC(=O)N(c4cccc(C)c4)C3=O)cc2)cc(OC)c1OC. The van der Waals surface area contributed by atoms with Crippen LogP contribution in [0.2, 0.25) is 0 Å². The Morgan fingerprint density at radius 3 is 2.14 bits per heavy atom. The van der Waals surface area contributed by atoms with Gasteiger partial charge < -0.3 is 19.5 Å². The van der Waals surface area contributed by atoms with Gasteiger partial charge >= 0.3 is 6.03 Å². The first-order chi connectivity index (χ1) is 20.2. The van der Waals surface area contributed by atoms with E-state index in [1.165, 1.54) is 57.7 Å². The van der Waals surface area contributed by atoms with Gasteiger partial charge in [-0.15, -0.1) is 0 Å². The highest BCUT2D eigenvalue weighted by molar-refractivity contribution is 6.32. The predicted octanol–water partition coefficient (Wildman–Crippen LogP) is 2.89. The lowest BCUT2D eigenvalue weighted by Crippen LogP contribution is -2.58. The summed E-state index contributed by atoms with van der Waals surface area (Å²) >= 11 is 0. The van der Waals surface area contributed by atoms with Gasteiger partial charge in [0, 0.05) is 23.0 Å². The summed E-state index contributed by atoms with van der Waals surface area (Å²) in [5.74, 6) is -3.21. The van der Waals surface area contributed by atoms with Crippen molar-refractivity contribution in [2.45, 2.75) is 6.92 Å². The first kappa shape index (κ1) is 29.3. The summed E-state index contributed by atoms with van der Waals surface area (Å²) in [4.78, 5) is 63.8. The number of carbonyl (C=O) groups excluding carboxylic acids is 5. The van der Waals surface area contributed by atoms with E-state index < -0.39 is 35.6 Å². The number of ether oxygens (including phenoxy) is 3. The molecule has 3 aromatic rings. The van der Waals surface area contributed by atoms with Gasteiger partial charge in [0.2, 0.25) is 11.7 Å². The van der Waals surface area contributed by atoms with Gasteiger partial charge in [0.05, 0.1) is 27.0 Å². The largest absolute Gasteiger partial charge is 0.493 e. The molecule has 0 aromatic heterocycles. The number of amides is 6. The molecule has 1 saturated heterocycles. The Morgan fingerprint density at radius 1 is 0.881 bits per heavy atom. The summed E-state index contributed by atoms with van der Waals surface area (Å²) in [6.07, 6.45) is 0.955. The van der Waals surface area contributed by atoms with Crippen molar-refractivity contribution in [3.8, 4) is 17.2 Å². The zero-order valence-electron chi connectivity index (χ0n) is 23.1. The van der Waals surface area contributed by atoms with Crippen LogP contribution in [0.4, 0.5) is 16.2 Å². The molecule has 13 heteroatoms. The monoisotopic (exact) mass is 573 g/mol. The minimum absolute atomic E-state index is 0.189. The first-order valence-corrected chi connectivity index (χ1v) is 12.5. The van der Waals surface area contributed by atoms with Gasteiger partial charge in [0.1, 0.15) is 0 Å². The smallest absolute Gasteiger partial charge is 0.335 e. The second-order valence-corrected chi connectivity index (χ2v) is 8.95. The van der Waals surface area contributed by atoms with Gasteiger partial charge in [-0.1, -0.05) is 12.1 Å². The van der Waals surface area contributed by atoms with E-state index in [4.69, 9.17) is 14.2 Å². The van der Waals surface area contributed by atoms with E-state index in [-0.39, 0.29) is 11.1 Å². The number of anilines is 2. The average molecular weight is 574 g/mol. The van der Waals surface area contributed by atoms with E-state index >= 15 is 0 Å². The molecule has 42 heavy (non-hydrogen) atoms. The van der Waals surface area contributed by atoms with Crippen LogP contribution in [-0.2, 0) is 9.59 Å². The van der Waals surface area contributed by atoms with E-state index in [1.807, 2.05) is 0 Å². The topological polar surface area (TPSA) is 165 Å². The van der Waals surface area contributed by atoms with E-state index in [9.17, 15) is 24.0 Å². The van der Waals surface area contributed by atoms with Gasteiger partial charge in [-0.3, -0.25) is 24.5 Å². The summed E-state index contributed by atoms with van der Waals surface area (Å²) in [6.45, 7) is 1.80. The molecule has 0 unspecified atom stereocenters. The van der Waals surface area contributed by atoms with Crippen LogP contribution in [-0.4, -0.2) is 57.2 Å². The van der Waals surface area contributed by atoms with Crippen molar-refractivity contribution in [3.63, 3.8) is 0 Å². The van der Waals surface area contributed by atoms with Crippen LogP contribution in [0.25, 0.3) is 0 Å². The van der Waals surface area contributed by atoms with Crippen molar-refractivity contribution in [1.82, 2.24) is 10.7 Å². The van der Waals surface area contributed by atoms with Crippen LogP contribution in [0.3, 0.4) is 0 Å². The fourth-order valence-corrected chi connectivity index (χ4v) is 4.09. The van der Waals surface area contributed by atoms with E-state index in [0.29, 0.717) is 28.6 Å². The van der Waals surface area contributed by atoms with Crippen LogP contribution in [0, 0.1) is 12.8 Å². The van der Waals surface area contributed by atoms with Crippen molar-refractivity contribution in [2.24, 2.45) is 11.0 Å².